The van der Waals surface area contributed by atoms with E-state index in [0.29, 0.717) is 28.5 Å². The third kappa shape index (κ3) is 2.87. The van der Waals surface area contributed by atoms with Crippen molar-refractivity contribution in [2.45, 2.75) is 45.4 Å². The number of thiazole rings is 1. The molecular weight excluding hydrogens is 436 g/mol. The minimum absolute atomic E-state index is 0.0265. The lowest BCUT2D eigenvalue weighted by Gasteiger charge is -2.55. The van der Waals surface area contributed by atoms with Gasteiger partial charge in [-0.3, -0.25) is 10.3 Å². The van der Waals surface area contributed by atoms with Gasteiger partial charge in [0, 0.05) is 42.2 Å². The highest BCUT2D eigenvalue weighted by Gasteiger charge is 2.53. The molecule has 1 spiro atoms. The molecule has 3 aliphatic rings. The number of aromatic nitrogens is 3. The van der Waals surface area contributed by atoms with E-state index in [9.17, 15) is 0 Å². The summed E-state index contributed by atoms with van der Waals surface area (Å²) in [7, 11) is 0. The Morgan fingerprint density at radius 1 is 1.35 bits per heavy atom. The second kappa shape index (κ2) is 6.96. The average Bonchev–Trinajstić information content (AvgIpc) is 3.34. The topological polar surface area (TPSA) is 88.7 Å². The summed E-state index contributed by atoms with van der Waals surface area (Å²) in [6.45, 7) is 8.44. The Labute approximate surface area is 188 Å². The van der Waals surface area contributed by atoms with Crippen LogP contribution in [-0.2, 0) is 11.2 Å². The van der Waals surface area contributed by atoms with Gasteiger partial charge >= 0.3 is 0 Å². The summed E-state index contributed by atoms with van der Waals surface area (Å²) in [5.74, 6) is 0. The summed E-state index contributed by atoms with van der Waals surface area (Å²) < 4.78 is 12.0. The summed E-state index contributed by atoms with van der Waals surface area (Å²) >= 11 is 8.55. The van der Waals surface area contributed by atoms with E-state index in [1.165, 1.54) is 0 Å². The standard InChI is InChI=1S/C21H23ClN6O2S/c1-10-6-28-17-13(4-21(7-23-9-24-8-21)19(28)12(3)29-10)26-15-16(20-25-5-11(2)31-20)27-30-18(15)14(17)22/h5,7,10,12,19,24H,4,6,8-9H2,1-3H3/t10-,12+,19-,21?/m1/s1. The maximum Gasteiger partial charge on any atom is 0.206 e. The van der Waals surface area contributed by atoms with Gasteiger partial charge in [-0.05, 0) is 20.8 Å². The summed E-state index contributed by atoms with van der Waals surface area (Å²) in [6.07, 6.45) is 4.77. The summed E-state index contributed by atoms with van der Waals surface area (Å²) in [5.41, 5.74) is 3.49. The summed E-state index contributed by atoms with van der Waals surface area (Å²) in [5, 5.41) is 9.09. The van der Waals surface area contributed by atoms with Crippen LogP contribution in [0.1, 0.15) is 24.4 Å². The molecule has 4 atom stereocenters. The molecule has 0 aliphatic carbocycles. The van der Waals surface area contributed by atoms with Gasteiger partial charge in [-0.2, -0.15) is 0 Å². The van der Waals surface area contributed by atoms with E-state index in [1.54, 1.807) is 11.3 Å². The van der Waals surface area contributed by atoms with Crippen molar-refractivity contribution in [3.8, 4) is 10.7 Å². The van der Waals surface area contributed by atoms with E-state index < -0.39 is 0 Å². The zero-order valence-electron chi connectivity index (χ0n) is 17.6. The van der Waals surface area contributed by atoms with Gasteiger partial charge in [0.25, 0.3) is 0 Å². The molecule has 10 heteroatoms. The van der Waals surface area contributed by atoms with Gasteiger partial charge < -0.3 is 14.2 Å². The Kier molecular flexibility index (Phi) is 4.40. The lowest BCUT2D eigenvalue weighted by atomic mass is 9.70. The van der Waals surface area contributed by atoms with Gasteiger partial charge in [-0.1, -0.05) is 16.8 Å². The highest BCUT2D eigenvalue weighted by molar-refractivity contribution is 7.15. The monoisotopic (exact) mass is 458 g/mol. The van der Waals surface area contributed by atoms with Crippen LogP contribution in [0.5, 0.6) is 0 Å². The van der Waals surface area contributed by atoms with Crippen molar-refractivity contribution in [1.29, 1.82) is 0 Å². The fourth-order valence-electron chi connectivity index (χ4n) is 5.44. The van der Waals surface area contributed by atoms with Crippen LogP contribution in [0.2, 0.25) is 5.02 Å². The van der Waals surface area contributed by atoms with Crippen LogP contribution < -0.4 is 10.2 Å². The van der Waals surface area contributed by atoms with E-state index in [0.717, 1.165) is 40.8 Å². The van der Waals surface area contributed by atoms with Crippen molar-refractivity contribution in [3.63, 3.8) is 0 Å². The number of hydrogen-bond acceptors (Lipinski definition) is 9. The molecule has 1 saturated heterocycles. The minimum atomic E-state index is -0.218. The number of ether oxygens (including phenoxy) is 1. The van der Waals surface area contributed by atoms with Gasteiger partial charge in [0.15, 0.2) is 5.69 Å². The lowest BCUT2D eigenvalue weighted by Crippen LogP contribution is -2.67. The third-order valence-corrected chi connectivity index (χ3v) is 7.75. The van der Waals surface area contributed by atoms with Crippen LogP contribution >= 0.6 is 22.9 Å². The molecule has 0 bridgehead atoms. The maximum atomic E-state index is 6.99. The SMILES string of the molecule is Cc1cnc(-c2noc3c(Cl)c4c(nc23)CC2(C=NCNC2)[C@H]2[C@H](C)O[C@H](C)CN42)s1. The third-order valence-electron chi connectivity index (χ3n) is 6.48. The van der Waals surface area contributed by atoms with Crippen molar-refractivity contribution in [2.75, 3.05) is 24.7 Å². The van der Waals surface area contributed by atoms with E-state index in [1.807, 2.05) is 13.1 Å². The van der Waals surface area contributed by atoms with E-state index >= 15 is 0 Å². The van der Waals surface area contributed by atoms with E-state index in [-0.39, 0.29) is 23.7 Å². The highest BCUT2D eigenvalue weighted by atomic mass is 35.5. The fourth-order valence-corrected chi connectivity index (χ4v) is 6.53. The first-order chi connectivity index (χ1) is 15.0. The number of fused-ring (bicyclic) bond motifs is 5. The molecule has 8 nitrogen and oxygen atoms in total. The van der Waals surface area contributed by atoms with Crippen molar-refractivity contribution in [3.05, 3.63) is 21.8 Å². The highest BCUT2D eigenvalue weighted by Crippen LogP contribution is 2.49. The number of morpholine rings is 1. The smallest absolute Gasteiger partial charge is 0.206 e. The molecule has 0 radical (unpaired) electrons. The molecule has 1 N–H and O–H groups in total. The Balaban J connectivity index is 1.58. The van der Waals surface area contributed by atoms with Gasteiger partial charge in [-0.15, -0.1) is 11.3 Å². The number of nitrogens with one attached hydrogen (secondary N) is 1. The largest absolute Gasteiger partial charge is 0.372 e. The van der Waals surface area contributed by atoms with Gasteiger partial charge in [0.1, 0.15) is 15.5 Å². The van der Waals surface area contributed by atoms with Gasteiger partial charge in [-0.25, -0.2) is 9.97 Å². The second-order valence-electron chi connectivity index (χ2n) is 8.76. The molecule has 1 fully saturated rings. The van der Waals surface area contributed by atoms with Crippen LogP contribution in [0.4, 0.5) is 5.69 Å². The van der Waals surface area contributed by atoms with Crippen LogP contribution in [0.3, 0.4) is 0 Å². The molecule has 3 aromatic rings. The molecule has 0 saturated carbocycles. The van der Waals surface area contributed by atoms with E-state index in [2.05, 4.69) is 45.4 Å². The van der Waals surface area contributed by atoms with Crippen LogP contribution in [-0.4, -0.2) is 59.3 Å². The second-order valence-corrected chi connectivity index (χ2v) is 10.4. The predicted octanol–water partition coefficient (Wildman–Crippen LogP) is 3.46. The number of halogens is 1. The van der Waals surface area contributed by atoms with Crippen molar-refractivity contribution < 1.29 is 9.26 Å². The number of aliphatic imine (C=N–C) groups is 1. The first kappa shape index (κ1) is 19.6. The minimum Gasteiger partial charge on any atom is -0.372 e. The van der Waals surface area contributed by atoms with Crippen molar-refractivity contribution in [1.82, 2.24) is 20.4 Å². The number of aryl methyl sites for hydroxylation is 1. The average molecular weight is 459 g/mol. The van der Waals surface area contributed by atoms with E-state index in [4.69, 9.17) is 25.8 Å². The fraction of sp³-hybridized carbons (Fsp3) is 0.524. The molecule has 6 rings (SSSR count). The lowest BCUT2D eigenvalue weighted by molar-refractivity contribution is -0.0522. The first-order valence-electron chi connectivity index (χ1n) is 10.5. The zero-order chi connectivity index (χ0) is 21.3. The molecule has 31 heavy (non-hydrogen) atoms. The number of rotatable bonds is 1. The Morgan fingerprint density at radius 2 is 2.23 bits per heavy atom. The summed E-state index contributed by atoms with van der Waals surface area (Å²) in [4.78, 5) is 17.6. The number of anilines is 1. The number of hydrogen-bond donors (Lipinski definition) is 1. The maximum absolute atomic E-state index is 6.99. The molecule has 6 heterocycles. The zero-order valence-corrected chi connectivity index (χ0v) is 19.1. The molecule has 0 amide bonds. The van der Waals surface area contributed by atoms with Crippen molar-refractivity contribution >= 4 is 45.9 Å². The van der Waals surface area contributed by atoms with Crippen LogP contribution in [0.25, 0.3) is 21.8 Å². The van der Waals surface area contributed by atoms with Crippen molar-refractivity contribution in [2.24, 2.45) is 10.4 Å². The van der Waals surface area contributed by atoms with Crippen LogP contribution in [0, 0.1) is 12.3 Å². The Hall–Kier alpha value is -2.07. The van der Waals surface area contributed by atoms with Gasteiger partial charge in [0.2, 0.25) is 5.58 Å². The van der Waals surface area contributed by atoms with Crippen LogP contribution in [0.15, 0.2) is 15.7 Å². The Morgan fingerprint density at radius 3 is 2.97 bits per heavy atom. The summed E-state index contributed by atoms with van der Waals surface area (Å²) in [6, 6.07) is 0.105. The molecule has 0 aromatic carbocycles. The first-order valence-corrected chi connectivity index (χ1v) is 11.7. The number of pyridine rings is 1. The molecular formula is C21H23ClN6O2S. The normalized spacial score (nSPS) is 30.1. The molecule has 3 aromatic heterocycles. The Bertz CT molecular complexity index is 1210. The predicted molar refractivity (Wildman–Crippen MR) is 121 cm³/mol. The molecule has 1 unspecified atom stereocenters. The molecule has 162 valence electrons. The van der Waals surface area contributed by atoms with Gasteiger partial charge in [0.05, 0.1) is 36.3 Å². The molecule has 3 aliphatic heterocycles. The quantitative estimate of drug-likeness (QED) is 0.597. The number of nitrogens with zero attached hydrogens (tertiary/aromatic N) is 5.